The Morgan fingerprint density at radius 1 is 1.30 bits per heavy atom. The minimum absolute atomic E-state index is 0.166. The molecule has 0 unspecified atom stereocenters. The van der Waals surface area contributed by atoms with Crippen LogP contribution in [0.1, 0.15) is 38.4 Å². The SMILES string of the molecule is CCCCN=C(NCCc1ccco1)N1CCN(CC(=O)NC2CC2)CC1. The number of furan rings is 1. The lowest BCUT2D eigenvalue weighted by molar-refractivity contribution is -0.122. The summed E-state index contributed by atoms with van der Waals surface area (Å²) in [5.41, 5.74) is 0. The third-order valence-corrected chi connectivity index (χ3v) is 4.99. The van der Waals surface area contributed by atoms with Gasteiger partial charge in [-0.25, -0.2) is 0 Å². The molecular weight excluding hydrogens is 342 g/mol. The molecule has 0 aromatic carbocycles. The summed E-state index contributed by atoms with van der Waals surface area (Å²) in [5.74, 6) is 2.14. The van der Waals surface area contributed by atoms with E-state index in [1.807, 2.05) is 12.1 Å². The number of unbranched alkanes of at least 4 members (excludes halogenated alkanes) is 1. The summed E-state index contributed by atoms with van der Waals surface area (Å²) in [6.07, 6.45) is 7.09. The molecule has 0 radical (unpaired) electrons. The minimum atomic E-state index is 0.166. The highest BCUT2D eigenvalue weighted by molar-refractivity contribution is 5.80. The summed E-state index contributed by atoms with van der Waals surface area (Å²) < 4.78 is 5.40. The van der Waals surface area contributed by atoms with Crippen LogP contribution < -0.4 is 10.6 Å². The molecule has 1 saturated carbocycles. The lowest BCUT2D eigenvalue weighted by atomic mass is 10.3. The van der Waals surface area contributed by atoms with Crippen molar-refractivity contribution in [3.8, 4) is 0 Å². The van der Waals surface area contributed by atoms with Crippen molar-refractivity contribution >= 4 is 11.9 Å². The quantitative estimate of drug-likeness (QED) is 0.388. The van der Waals surface area contributed by atoms with Crippen LogP contribution in [0.2, 0.25) is 0 Å². The molecule has 7 heteroatoms. The largest absolute Gasteiger partial charge is 0.469 e. The van der Waals surface area contributed by atoms with Crippen LogP contribution in [0.3, 0.4) is 0 Å². The number of hydrogen-bond acceptors (Lipinski definition) is 4. The summed E-state index contributed by atoms with van der Waals surface area (Å²) in [6, 6.07) is 4.36. The zero-order valence-electron chi connectivity index (χ0n) is 16.5. The van der Waals surface area contributed by atoms with E-state index in [0.717, 1.165) is 83.1 Å². The van der Waals surface area contributed by atoms with Crippen LogP contribution in [0.15, 0.2) is 27.8 Å². The fraction of sp³-hybridized carbons (Fsp3) is 0.700. The predicted molar refractivity (Wildman–Crippen MR) is 107 cm³/mol. The number of carbonyl (C=O) groups excluding carboxylic acids is 1. The first kappa shape index (κ1) is 19.7. The number of aliphatic imine (C=N–C) groups is 1. The van der Waals surface area contributed by atoms with E-state index < -0.39 is 0 Å². The van der Waals surface area contributed by atoms with Gasteiger partial charge in [0.1, 0.15) is 5.76 Å². The minimum Gasteiger partial charge on any atom is -0.469 e. The summed E-state index contributed by atoms with van der Waals surface area (Å²) in [5, 5.41) is 6.57. The fourth-order valence-electron chi connectivity index (χ4n) is 3.18. The van der Waals surface area contributed by atoms with Crippen molar-refractivity contribution in [2.45, 2.75) is 45.1 Å². The van der Waals surface area contributed by atoms with Crippen LogP contribution in [-0.4, -0.2) is 73.5 Å². The van der Waals surface area contributed by atoms with Gasteiger partial charge in [-0.1, -0.05) is 13.3 Å². The maximum Gasteiger partial charge on any atom is 0.234 e. The highest BCUT2D eigenvalue weighted by Gasteiger charge is 2.25. The van der Waals surface area contributed by atoms with Crippen LogP contribution in [0.5, 0.6) is 0 Å². The molecule has 1 saturated heterocycles. The van der Waals surface area contributed by atoms with Crippen molar-refractivity contribution in [3.05, 3.63) is 24.2 Å². The maximum atomic E-state index is 12.0. The van der Waals surface area contributed by atoms with Crippen LogP contribution in [0.25, 0.3) is 0 Å². The Morgan fingerprint density at radius 2 is 2.11 bits per heavy atom. The Hall–Kier alpha value is -2.02. The van der Waals surface area contributed by atoms with E-state index in [2.05, 4.69) is 27.4 Å². The summed E-state index contributed by atoms with van der Waals surface area (Å²) in [6.45, 7) is 7.94. The Labute approximate surface area is 162 Å². The molecule has 1 aliphatic carbocycles. The molecule has 150 valence electrons. The van der Waals surface area contributed by atoms with Crippen molar-refractivity contribution in [1.29, 1.82) is 0 Å². The van der Waals surface area contributed by atoms with Crippen LogP contribution in [0.4, 0.5) is 0 Å². The Bertz CT molecular complexity index is 590. The number of rotatable bonds is 9. The topological polar surface area (TPSA) is 73.1 Å². The zero-order valence-corrected chi connectivity index (χ0v) is 16.5. The molecule has 0 spiro atoms. The fourth-order valence-corrected chi connectivity index (χ4v) is 3.18. The molecular formula is C20H33N5O2. The van der Waals surface area contributed by atoms with Gasteiger partial charge in [0, 0.05) is 51.7 Å². The molecule has 2 N–H and O–H groups in total. The number of carbonyl (C=O) groups is 1. The molecule has 7 nitrogen and oxygen atoms in total. The molecule has 3 rings (SSSR count). The third kappa shape index (κ3) is 6.90. The first-order valence-electron chi connectivity index (χ1n) is 10.3. The van der Waals surface area contributed by atoms with Gasteiger partial charge in [-0.2, -0.15) is 0 Å². The van der Waals surface area contributed by atoms with Crippen LogP contribution in [-0.2, 0) is 11.2 Å². The Morgan fingerprint density at radius 3 is 2.78 bits per heavy atom. The molecule has 2 fully saturated rings. The second-order valence-electron chi connectivity index (χ2n) is 7.42. The molecule has 1 aromatic rings. The summed E-state index contributed by atoms with van der Waals surface area (Å²) in [7, 11) is 0. The van der Waals surface area contributed by atoms with E-state index >= 15 is 0 Å². The van der Waals surface area contributed by atoms with E-state index in [9.17, 15) is 4.79 Å². The Balaban J connectivity index is 1.44. The first-order valence-corrected chi connectivity index (χ1v) is 10.3. The molecule has 2 heterocycles. The van der Waals surface area contributed by atoms with E-state index in [1.165, 1.54) is 0 Å². The van der Waals surface area contributed by atoms with Gasteiger partial charge in [-0.3, -0.25) is 14.7 Å². The third-order valence-electron chi connectivity index (χ3n) is 4.99. The number of amides is 1. The number of nitrogens with zero attached hydrogens (tertiary/aromatic N) is 3. The monoisotopic (exact) mass is 375 g/mol. The molecule has 0 atom stereocenters. The standard InChI is InChI=1S/C20H33N5O2/c1-2-3-9-21-20(22-10-8-18-5-4-15-27-18)25-13-11-24(12-14-25)16-19(26)23-17-6-7-17/h4-5,15,17H,2-3,6-14,16H2,1H3,(H,21,22)(H,23,26). The summed E-state index contributed by atoms with van der Waals surface area (Å²) >= 11 is 0. The van der Waals surface area contributed by atoms with E-state index in [1.54, 1.807) is 6.26 Å². The number of piperazine rings is 1. The second-order valence-corrected chi connectivity index (χ2v) is 7.42. The maximum absolute atomic E-state index is 12.0. The van der Waals surface area contributed by atoms with E-state index in [4.69, 9.17) is 9.41 Å². The zero-order chi connectivity index (χ0) is 18.9. The second kappa shape index (κ2) is 10.3. The van der Waals surface area contributed by atoms with Gasteiger partial charge < -0.3 is 20.0 Å². The molecule has 1 aromatic heterocycles. The van der Waals surface area contributed by atoms with Gasteiger partial charge in [0.15, 0.2) is 5.96 Å². The van der Waals surface area contributed by atoms with Gasteiger partial charge >= 0.3 is 0 Å². The van der Waals surface area contributed by atoms with Crippen molar-refractivity contribution < 1.29 is 9.21 Å². The van der Waals surface area contributed by atoms with Gasteiger partial charge in [0.05, 0.1) is 12.8 Å². The lowest BCUT2D eigenvalue weighted by Crippen LogP contribution is -2.54. The van der Waals surface area contributed by atoms with Crippen LogP contribution >= 0.6 is 0 Å². The van der Waals surface area contributed by atoms with E-state index in [0.29, 0.717) is 12.6 Å². The van der Waals surface area contributed by atoms with Crippen molar-refractivity contribution in [2.24, 2.45) is 4.99 Å². The lowest BCUT2D eigenvalue weighted by Gasteiger charge is -2.36. The highest BCUT2D eigenvalue weighted by atomic mass is 16.3. The molecule has 2 aliphatic rings. The van der Waals surface area contributed by atoms with Crippen molar-refractivity contribution in [2.75, 3.05) is 45.8 Å². The first-order chi connectivity index (χ1) is 13.2. The summed E-state index contributed by atoms with van der Waals surface area (Å²) in [4.78, 5) is 21.3. The van der Waals surface area contributed by atoms with Gasteiger partial charge in [0.25, 0.3) is 0 Å². The van der Waals surface area contributed by atoms with Gasteiger partial charge in [-0.15, -0.1) is 0 Å². The average Bonchev–Trinajstić information content (AvgIpc) is 3.32. The van der Waals surface area contributed by atoms with Crippen molar-refractivity contribution in [1.82, 2.24) is 20.4 Å². The number of guanidine groups is 1. The highest BCUT2D eigenvalue weighted by Crippen LogP contribution is 2.18. The van der Waals surface area contributed by atoms with Gasteiger partial charge in [-0.05, 0) is 31.4 Å². The molecule has 0 bridgehead atoms. The number of nitrogens with one attached hydrogen (secondary N) is 2. The Kier molecular flexibility index (Phi) is 7.56. The molecule has 27 heavy (non-hydrogen) atoms. The van der Waals surface area contributed by atoms with Crippen LogP contribution in [0, 0.1) is 0 Å². The van der Waals surface area contributed by atoms with E-state index in [-0.39, 0.29) is 5.91 Å². The smallest absolute Gasteiger partial charge is 0.234 e. The molecule has 1 aliphatic heterocycles. The number of hydrogen-bond donors (Lipinski definition) is 2. The molecule has 1 amide bonds. The normalized spacial score (nSPS) is 18.6. The predicted octanol–water partition coefficient (Wildman–Crippen LogP) is 1.46. The van der Waals surface area contributed by atoms with Gasteiger partial charge in [0.2, 0.25) is 5.91 Å². The average molecular weight is 376 g/mol. The van der Waals surface area contributed by atoms with Crippen molar-refractivity contribution in [3.63, 3.8) is 0 Å².